The smallest absolute Gasteiger partial charge is 0.266 e. The summed E-state index contributed by atoms with van der Waals surface area (Å²) >= 11 is 7.61. The van der Waals surface area contributed by atoms with Crippen LogP contribution in [0.5, 0.6) is 5.75 Å². The predicted molar refractivity (Wildman–Crippen MR) is 123 cm³/mol. The number of rotatable bonds is 7. The first-order chi connectivity index (χ1) is 14.9. The summed E-state index contributed by atoms with van der Waals surface area (Å²) in [4.78, 5) is 31.1. The second kappa shape index (κ2) is 10.5. The molecule has 0 saturated carbocycles. The van der Waals surface area contributed by atoms with Gasteiger partial charge in [0.25, 0.3) is 11.8 Å². The molecule has 0 atom stereocenters. The molecule has 6 nitrogen and oxygen atoms in total. The number of thioether (sulfide) groups is 1. The topological polar surface area (TPSA) is 71.0 Å². The van der Waals surface area contributed by atoms with E-state index in [1.807, 2.05) is 13.8 Å². The van der Waals surface area contributed by atoms with Gasteiger partial charge in [-0.25, -0.2) is 4.39 Å². The molecular formula is C22H21ClFN3O3S. The molecule has 0 bridgehead atoms. The lowest BCUT2D eigenvalue weighted by atomic mass is 10.2. The van der Waals surface area contributed by atoms with Crippen molar-refractivity contribution >= 4 is 52.1 Å². The Bertz CT molecular complexity index is 1060. The molecule has 31 heavy (non-hydrogen) atoms. The van der Waals surface area contributed by atoms with E-state index in [1.54, 1.807) is 35.2 Å². The van der Waals surface area contributed by atoms with E-state index >= 15 is 0 Å². The first-order valence-electron chi connectivity index (χ1n) is 9.65. The molecule has 0 radical (unpaired) electrons. The van der Waals surface area contributed by atoms with E-state index in [9.17, 15) is 14.0 Å². The monoisotopic (exact) mass is 461 g/mol. The van der Waals surface area contributed by atoms with Crippen LogP contribution in [0.4, 0.5) is 10.1 Å². The van der Waals surface area contributed by atoms with E-state index in [1.165, 1.54) is 30.0 Å². The highest BCUT2D eigenvalue weighted by atomic mass is 35.5. The molecule has 1 saturated heterocycles. The summed E-state index contributed by atoms with van der Waals surface area (Å²) in [6, 6.07) is 10.9. The van der Waals surface area contributed by atoms with Crippen molar-refractivity contribution in [3.05, 3.63) is 63.8 Å². The number of nitrogens with zero attached hydrogens (tertiary/aromatic N) is 2. The quantitative estimate of drug-likeness (QED) is 0.601. The Morgan fingerprint density at radius 1 is 1.29 bits per heavy atom. The second-order valence-corrected chi connectivity index (χ2v) is 7.84. The molecule has 0 aromatic heterocycles. The molecule has 1 N–H and O–H groups in total. The van der Waals surface area contributed by atoms with Crippen molar-refractivity contribution in [3.8, 4) is 5.75 Å². The standard InChI is InChI=1S/C22H21ClFN3O3S/c1-3-25-22-27(4-2)21(29)19(31-22)12-14-9-10-18(15(23)11-14)30-13-20(28)26-17-8-6-5-7-16(17)24/h5-12H,3-4,13H2,1-2H3,(H,26,28). The van der Waals surface area contributed by atoms with Gasteiger partial charge in [-0.1, -0.05) is 29.8 Å². The zero-order valence-corrected chi connectivity index (χ0v) is 18.6. The lowest BCUT2D eigenvalue weighted by Gasteiger charge is -2.11. The zero-order valence-electron chi connectivity index (χ0n) is 17.0. The van der Waals surface area contributed by atoms with E-state index in [0.717, 1.165) is 5.56 Å². The maximum absolute atomic E-state index is 13.6. The second-order valence-electron chi connectivity index (χ2n) is 6.42. The molecule has 0 spiro atoms. The number of carbonyl (C=O) groups excluding carboxylic acids is 2. The highest BCUT2D eigenvalue weighted by molar-refractivity contribution is 8.18. The number of ether oxygens (including phenoxy) is 1. The fraction of sp³-hybridized carbons (Fsp3) is 0.227. The molecule has 0 aliphatic carbocycles. The summed E-state index contributed by atoms with van der Waals surface area (Å²) in [5.41, 5.74) is 0.799. The highest BCUT2D eigenvalue weighted by Crippen LogP contribution is 2.34. The lowest BCUT2D eigenvalue weighted by Crippen LogP contribution is -2.28. The third-order valence-electron chi connectivity index (χ3n) is 4.26. The fourth-order valence-electron chi connectivity index (χ4n) is 2.81. The highest BCUT2D eigenvalue weighted by Gasteiger charge is 2.31. The van der Waals surface area contributed by atoms with Crippen LogP contribution in [0.2, 0.25) is 5.02 Å². The van der Waals surface area contributed by atoms with Crippen LogP contribution in [0.15, 0.2) is 52.4 Å². The Morgan fingerprint density at radius 3 is 2.74 bits per heavy atom. The van der Waals surface area contributed by atoms with Crippen molar-refractivity contribution in [1.29, 1.82) is 0 Å². The number of amides is 2. The summed E-state index contributed by atoms with van der Waals surface area (Å²) in [5, 5.41) is 3.42. The van der Waals surface area contributed by atoms with Gasteiger partial charge in [0.1, 0.15) is 11.6 Å². The first-order valence-corrected chi connectivity index (χ1v) is 10.8. The van der Waals surface area contributed by atoms with Gasteiger partial charge in [-0.2, -0.15) is 0 Å². The molecule has 3 rings (SSSR count). The van der Waals surface area contributed by atoms with Crippen LogP contribution < -0.4 is 10.1 Å². The normalized spacial score (nSPS) is 16.3. The number of hydrogen-bond acceptors (Lipinski definition) is 5. The largest absolute Gasteiger partial charge is 0.482 e. The number of likely N-dealkylation sites (N-methyl/N-ethyl adjacent to an activating group) is 1. The molecular weight excluding hydrogens is 441 g/mol. The third kappa shape index (κ3) is 5.65. The number of hydrogen-bond donors (Lipinski definition) is 1. The van der Waals surface area contributed by atoms with Gasteiger partial charge in [-0.15, -0.1) is 0 Å². The van der Waals surface area contributed by atoms with Crippen molar-refractivity contribution < 1.29 is 18.7 Å². The molecule has 1 aliphatic rings. The minimum atomic E-state index is -0.528. The average Bonchev–Trinajstić information content (AvgIpc) is 3.03. The Hall–Kier alpha value is -2.84. The Balaban J connectivity index is 1.66. The van der Waals surface area contributed by atoms with Crippen molar-refractivity contribution in [2.75, 3.05) is 25.0 Å². The van der Waals surface area contributed by atoms with Gasteiger partial charge in [0, 0.05) is 13.1 Å². The number of aliphatic imine (C=N–C) groups is 1. The molecule has 2 aromatic rings. The Morgan fingerprint density at radius 2 is 2.06 bits per heavy atom. The minimum absolute atomic E-state index is 0.0787. The predicted octanol–water partition coefficient (Wildman–Crippen LogP) is 4.81. The molecule has 1 fully saturated rings. The van der Waals surface area contributed by atoms with Crippen molar-refractivity contribution in [3.63, 3.8) is 0 Å². The van der Waals surface area contributed by atoms with Gasteiger partial charge >= 0.3 is 0 Å². The van der Waals surface area contributed by atoms with Gasteiger partial charge in [0.05, 0.1) is 15.6 Å². The molecule has 0 unspecified atom stereocenters. The summed E-state index contributed by atoms with van der Waals surface area (Å²) in [6.07, 6.45) is 1.74. The number of nitrogens with one attached hydrogen (secondary N) is 1. The Labute approximate surface area is 189 Å². The lowest BCUT2D eigenvalue weighted by molar-refractivity contribution is -0.122. The molecule has 9 heteroatoms. The van der Waals surface area contributed by atoms with Crippen molar-refractivity contribution in [2.45, 2.75) is 13.8 Å². The van der Waals surface area contributed by atoms with Gasteiger partial charge < -0.3 is 10.1 Å². The summed E-state index contributed by atoms with van der Waals surface area (Å²) < 4.78 is 19.1. The van der Waals surface area contributed by atoms with Gasteiger partial charge in [0.15, 0.2) is 11.8 Å². The van der Waals surface area contributed by atoms with E-state index in [-0.39, 0.29) is 18.2 Å². The molecule has 1 heterocycles. The van der Waals surface area contributed by atoms with E-state index in [4.69, 9.17) is 16.3 Å². The number of amidine groups is 1. The van der Waals surface area contributed by atoms with Crippen LogP contribution in [0.3, 0.4) is 0 Å². The van der Waals surface area contributed by atoms with Crippen molar-refractivity contribution in [1.82, 2.24) is 4.90 Å². The third-order valence-corrected chi connectivity index (χ3v) is 5.60. The first kappa shape index (κ1) is 22.8. The molecule has 2 aromatic carbocycles. The summed E-state index contributed by atoms with van der Waals surface area (Å²) in [6.45, 7) is 4.64. The van der Waals surface area contributed by atoms with Crippen LogP contribution >= 0.6 is 23.4 Å². The van der Waals surface area contributed by atoms with Crippen LogP contribution in [0.25, 0.3) is 6.08 Å². The molecule has 162 valence electrons. The molecule has 1 aliphatic heterocycles. The van der Waals surface area contributed by atoms with E-state index in [0.29, 0.717) is 33.9 Å². The van der Waals surface area contributed by atoms with E-state index < -0.39 is 11.7 Å². The number of anilines is 1. The van der Waals surface area contributed by atoms with Gasteiger partial charge in [0.2, 0.25) is 0 Å². The zero-order chi connectivity index (χ0) is 22.4. The summed E-state index contributed by atoms with van der Waals surface area (Å²) in [5.74, 6) is -0.829. The van der Waals surface area contributed by atoms with Crippen LogP contribution in [-0.2, 0) is 9.59 Å². The average molecular weight is 462 g/mol. The molecule has 2 amide bonds. The van der Waals surface area contributed by atoms with E-state index in [2.05, 4.69) is 10.3 Å². The van der Waals surface area contributed by atoms with Crippen LogP contribution in [0.1, 0.15) is 19.4 Å². The fourth-order valence-corrected chi connectivity index (χ4v) is 4.16. The number of para-hydroxylation sites is 1. The number of benzene rings is 2. The minimum Gasteiger partial charge on any atom is -0.482 e. The maximum Gasteiger partial charge on any atom is 0.266 e. The number of halogens is 2. The SMILES string of the molecule is CCN=C1SC(=Cc2ccc(OCC(=O)Nc3ccccc3F)c(Cl)c2)C(=O)N1CC. The Kier molecular flexibility index (Phi) is 7.70. The van der Waals surface area contributed by atoms with Crippen molar-refractivity contribution in [2.24, 2.45) is 4.99 Å². The van der Waals surface area contributed by atoms with Gasteiger partial charge in [-0.3, -0.25) is 19.5 Å². The number of carbonyl (C=O) groups is 2. The van der Waals surface area contributed by atoms with Crippen LogP contribution in [-0.4, -0.2) is 41.6 Å². The van der Waals surface area contributed by atoms with Crippen LogP contribution in [0, 0.1) is 5.82 Å². The van der Waals surface area contributed by atoms with Gasteiger partial charge in [-0.05, 0) is 61.5 Å². The maximum atomic E-state index is 13.6. The summed E-state index contributed by atoms with van der Waals surface area (Å²) in [7, 11) is 0.